The summed E-state index contributed by atoms with van der Waals surface area (Å²) in [6.45, 7) is 2.08. The molecule has 2 aliphatic rings. The van der Waals surface area contributed by atoms with E-state index in [4.69, 9.17) is 14.6 Å². The highest BCUT2D eigenvalue weighted by atomic mass is 32.2. The lowest BCUT2D eigenvalue weighted by molar-refractivity contribution is -0.110. The minimum Gasteiger partial charge on any atom is -0.475 e. The van der Waals surface area contributed by atoms with Crippen molar-refractivity contribution >= 4 is 48.3 Å². The second kappa shape index (κ2) is 10.5. The van der Waals surface area contributed by atoms with Gasteiger partial charge in [-0.1, -0.05) is 23.5 Å². The van der Waals surface area contributed by atoms with Crippen LogP contribution in [0.5, 0.6) is 5.88 Å². The fourth-order valence-corrected chi connectivity index (χ4v) is 6.12. The van der Waals surface area contributed by atoms with Crippen LogP contribution < -0.4 is 10.1 Å². The number of carbonyl (C=O) groups is 1. The molecule has 2 aromatic heterocycles. The summed E-state index contributed by atoms with van der Waals surface area (Å²) in [4.78, 5) is 22.9. The second-order valence-electron chi connectivity index (χ2n) is 8.30. The van der Waals surface area contributed by atoms with Crippen LogP contribution in [0, 0.1) is 0 Å². The van der Waals surface area contributed by atoms with Crippen LogP contribution in [-0.2, 0) is 19.4 Å². The largest absolute Gasteiger partial charge is 0.475 e. The van der Waals surface area contributed by atoms with Gasteiger partial charge in [0.05, 0.1) is 43.1 Å². The third-order valence-electron chi connectivity index (χ3n) is 5.66. The predicted octanol–water partition coefficient (Wildman–Crippen LogP) is 1.67. The number of benzene rings is 1. The van der Waals surface area contributed by atoms with Crippen molar-refractivity contribution < 1.29 is 27.8 Å². The van der Waals surface area contributed by atoms with E-state index < -0.39 is 15.7 Å². The number of sulfone groups is 1. The van der Waals surface area contributed by atoms with Crippen molar-refractivity contribution in [3.05, 3.63) is 42.0 Å². The Bertz CT molecular complexity index is 1380. The second-order valence-corrected chi connectivity index (χ2v) is 11.5. The standard InChI is InChI=1S/C23H25N5O6S2/c29-11-14-34-19-8-7-18-22(25-19)35-23(24-18)26-21(30)20(27-28-9-12-33-13-10-28)15-1-3-16(4-2-15)36(31,32)17-5-6-17/h1-4,7-8,17,29H,5-6,9-14H2,(H,24,26,30)/b27-20+. The molecular formula is C23H25N5O6S2. The molecule has 2 fully saturated rings. The number of ether oxygens (including phenoxy) is 2. The van der Waals surface area contributed by atoms with Crippen molar-refractivity contribution in [2.45, 2.75) is 23.0 Å². The number of aromatic nitrogens is 2. The van der Waals surface area contributed by atoms with Gasteiger partial charge in [-0.3, -0.25) is 15.1 Å². The van der Waals surface area contributed by atoms with Gasteiger partial charge in [0.25, 0.3) is 5.91 Å². The molecule has 3 aromatic rings. The molecule has 190 valence electrons. The summed E-state index contributed by atoms with van der Waals surface area (Å²) < 4.78 is 35.9. The molecule has 1 saturated carbocycles. The third-order valence-corrected chi connectivity index (χ3v) is 8.81. The van der Waals surface area contributed by atoms with Crippen molar-refractivity contribution in [2.24, 2.45) is 5.10 Å². The highest BCUT2D eigenvalue weighted by Crippen LogP contribution is 2.33. The van der Waals surface area contributed by atoms with Gasteiger partial charge in [0.1, 0.15) is 17.0 Å². The van der Waals surface area contributed by atoms with Crippen molar-refractivity contribution in [2.75, 3.05) is 44.8 Å². The average molecular weight is 532 g/mol. The first kappa shape index (κ1) is 24.6. The van der Waals surface area contributed by atoms with E-state index in [0.717, 1.165) is 0 Å². The lowest BCUT2D eigenvalue weighted by Gasteiger charge is -2.24. The number of rotatable bonds is 9. The van der Waals surface area contributed by atoms with Gasteiger partial charge in [-0.25, -0.2) is 18.4 Å². The molecule has 2 N–H and O–H groups in total. The van der Waals surface area contributed by atoms with Crippen molar-refractivity contribution in [1.82, 2.24) is 15.0 Å². The summed E-state index contributed by atoms with van der Waals surface area (Å²) in [5, 5.41) is 18.1. The fourth-order valence-electron chi connectivity index (χ4n) is 3.64. The van der Waals surface area contributed by atoms with Gasteiger partial charge in [-0.2, -0.15) is 5.10 Å². The molecule has 1 amide bonds. The minimum atomic E-state index is -3.34. The van der Waals surface area contributed by atoms with Gasteiger partial charge in [-0.05, 0) is 31.0 Å². The Hall–Kier alpha value is -3.13. The molecular weight excluding hydrogens is 506 g/mol. The Kier molecular flexibility index (Phi) is 7.14. The number of aliphatic hydroxyl groups excluding tert-OH is 1. The Morgan fingerprint density at radius 2 is 1.92 bits per heavy atom. The fraction of sp³-hybridized carbons (Fsp3) is 0.391. The van der Waals surface area contributed by atoms with Crippen molar-refractivity contribution in [3.8, 4) is 5.88 Å². The molecule has 0 spiro atoms. The van der Waals surface area contributed by atoms with Crippen LogP contribution in [0.4, 0.5) is 5.13 Å². The third kappa shape index (κ3) is 5.48. The van der Waals surface area contributed by atoms with Crippen LogP contribution in [0.2, 0.25) is 0 Å². The van der Waals surface area contributed by atoms with Gasteiger partial charge in [0.2, 0.25) is 5.88 Å². The minimum absolute atomic E-state index is 0.123. The summed E-state index contributed by atoms with van der Waals surface area (Å²) in [6.07, 6.45) is 1.37. The van der Waals surface area contributed by atoms with E-state index in [-0.39, 0.29) is 29.1 Å². The highest BCUT2D eigenvalue weighted by Gasteiger charge is 2.36. The molecule has 0 bridgehead atoms. The van der Waals surface area contributed by atoms with Gasteiger partial charge < -0.3 is 14.6 Å². The highest BCUT2D eigenvalue weighted by molar-refractivity contribution is 7.92. The van der Waals surface area contributed by atoms with Gasteiger partial charge in [0.15, 0.2) is 20.7 Å². The number of thiazole rings is 1. The molecule has 5 rings (SSSR count). The predicted molar refractivity (Wildman–Crippen MR) is 134 cm³/mol. The molecule has 3 heterocycles. The summed E-state index contributed by atoms with van der Waals surface area (Å²) in [7, 11) is -3.34. The topological polar surface area (TPSA) is 143 Å². The Labute approximate surface area is 211 Å². The number of fused-ring (bicyclic) bond motifs is 1. The van der Waals surface area contributed by atoms with E-state index in [1.165, 1.54) is 23.5 Å². The molecule has 0 radical (unpaired) electrons. The van der Waals surface area contributed by atoms with Crippen LogP contribution in [0.25, 0.3) is 10.3 Å². The number of anilines is 1. The zero-order chi connectivity index (χ0) is 25.1. The number of carbonyl (C=O) groups excluding carboxylic acids is 1. The van der Waals surface area contributed by atoms with Crippen LogP contribution in [0.3, 0.4) is 0 Å². The quantitative estimate of drug-likeness (QED) is 0.394. The Morgan fingerprint density at radius 3 is 2.61 bits per heavy atom. The van der Waals surface area contributed by atoms with E-state index in [1.807, 2.05) is 0 Å². The monoisotopic (exact) mass is 531 g/mol. The molecule has 36 heavy (non-hydrogen) atoms. The molecule has 0 unspecified atom stereocenters. The molecule has 1 aliphatic carbocycles. The van der Waals surface area contributed by atoms with Crippen molar-refractivity contribution in [1.29, 1.82) is 0 Å². The van der Waals surface area contributed by atoms with E-state index >= 15 is 0 Å². The van der Waals surface area contributed by atoms with Crippen LogP contribution in [-0.4, -0.2) is 84.9 Å². The van der Waals surface area contributed by atoms with E-state index in [9.17, 15) is 13.2 Å². The Morgan fingerprint density at radius 1 is 1.17 bits per heavy atom. The smallest absolute Gasteiger partial charge is 0.278 e. The first-order valence-electron chi connectivity index (χ1n) is 11.5. The molecule has 1 aliphatic heterocycles. The number of nitrogens with one attached hydrogen (secondary N) is 1. The lowest BCUT2D eigenvalue weighted by Crippen LogP contribution is -2.35. The molecule has 1 saturated heterocycles. The molecule has 11 nitrogen and oxygen atoms in total. The van der Waals surface area contributed by atoms with Crippen LogP contribution in [0.1, 0.15) is 18.4 Å². The summed E-state index contributed by atoms with van der Waals surface area (Å²) >= 11 is 1.18. The first-order chi connectivity index (χ1) is 17.4. The van der Waals surface area contributed by atoms with Crippen molar-refractivity contribution in [3.63, 3.8) is 0 Å². The van der Waals surface area contributed by atoms with E-state index in [2.05, 4.69) is 20.4 Å². The van der Waals surface area contributed by atoms with Gasteiger partial charge in [-0.15, -0.1) is 0 Å². The Balaban J connectivity index is 1.40. The van der Waals surface area contributed by atoms with E-state index in [0.29, 0.717) is 66.1 Å². The number of amides is 1. The molecule has 1 aromatic carbocycles. The summed E-state index contributed by atoms with van der Waals surface area (Å²) in [6, 6.07) is 9.65. The maximum Gasteiger partial charge on any atom is 0.278 e. The van der Waals surface area contributed by atoms with E-state index in [1.54, 1.807) is 29.3 Å². The number of hydrogen-bond donors (Lipinski definition) is 2. The van der Waals surface area contributed by atoms with Crippen LogP contribution >= 0.6 is 11.3 Å². The number of pyridine rings is 1. The zero-order valence-electron chi connectivity index (χ0n) is 19.3. The number of hydrazone groups is 1. The van der Waals surface area contributed by atoms with Crippen LogP contribution in [0.15, 0.2) is 46.4 Å². The summed E-state index contributed by atoms with van der Waals surface area (Å²) in [5.74, 6) is -0.121. The number of aliphatic hydroxyl groups is 1. The lowest BCUT2D eigenvalue weighted by atomic mass is 10.1. The number of nitrogens with zero attached hydrogens (tertiary/aromatic N) is 4. The molecule has 13 heteroatoms. The summed E-state index contributed by atoms with van der Waals surface area (Å²) in [5.41, 5.74) is 1.23. The zero-order valence-corrected chi connectivity index (χ0v) is 20.9. The normalized spacial score (nSPS) is 16.8. The maximum absolute atomic E-state index is 13.3. The maximum atomic E-state index is 13.3. The van der Waals surface area contributed by atoms with Gasteiger partial charge in [0, 0.05) is 11.6 Å². The average Bonchev–Trinajstić information content (AvgIpc) is 3.68. The van der Waals surface area contributed by atoms with Gasteiger partial charge >= 0.3 is 0 Å². The first-order valence-corrected chi connectivity index (χ1v) is 13.9. The number of morpholine rings is 1. The molecule has 0 atom stereocenters. The number of hydrogen-bond acceptors (Lipinski definition) is 11. The SMILES string of the molecule is O=C(Nc1nc2ccc(OCCO)nc2s1)/C(=N/N1CCOCC1)c1ccc(S(=O)(=O)C2CC2)cc1.